The molecule has 0 aliphatic heterocycles. The summed E-state index contributed by atoms with van der Waals surface area (Å²) in [6.07, 6.45) is 0.845. The van der Waals surface area contributed by atoms with Crippen molar-refractivity contribution in [2.45, 2.75) is 19.1 Å². The highest BCUT2D eigenvalue weighted by molar-refractivity contribution is 5.76. The smallest absolute Gasteiger partial charge is 0.311 e. The van der Waals surface area contributed by atoms with Crippen LogP contribution in [0.4, 0.5) is 0 Å². The minimum Gasteiger partial charge on any atom is -0.469 e. The van der Waals surface area contributed by atoms with Gasteiger partial charge in [-0.05, 0) is 12.0 Å². The Hall–Kier alpha value is -1.35. The molecular formula is C12H14O3. The summed E-state index contributed by atoms with van der Waals surface area (Å²) in [4.78, 5) is 11.1. The highest BCUT2D eigenvalue weighted by atomic mass is 16.5. The van der Waals surface area contributed by atoms with Crippen molar-refractivity contribution in [3.05, 3.63) is 35.9 Å². The minimum absolute atomic E-state index is 0.0429. The molecule has 1 aliphatic carbocycles. The molecule has 0 N–H and O–H groups in total. The van der Waals surface area contributed by atoms with Gasteiger partial charge >= 0.3 is 5.97 Å². The molecule has 2 rings (SSSR count). The van der Waals surface area contributed by atoms with E-state index in [1.807, 2.05) is 30.3 Å². The molecule has 0 bridgehead atoms. The molecule has 2 atom stereocenters. The third-order valence-corrected chi connectivity index (χ3v) is 2.54. The third-order valence-electron chi connectivity index (χ3n) is 2.54. The summed E-state index contributed by atoms with van der Waals surface area (Å²) in [6, 6.07) is 9.94. The second kappa shape index (κ2) is 4.45. The molecule has 3 heteroatoms. The Morgan fingerprint density at radius 1 is 1.40 bits per heavy atom. The Morgan fingerprint density at radius 2 is 2.13 bits per heavy atom. The Morgan fingerprint density at radius 3 is 2.80 bits per heavy atom. The van der Waals surface area contributed by atoms with Crippen LogP contribution in [-0.4, -0.2) is 19.2 Å². The van der Waals surface area contributed by atoms with Gasteiger partial charge in [0.15, 0.2) is 0 Å². The van der Waals surface area contributed by atoms with E-state index in [9.17, 15) is 4.79 Å². The predicted molar refractivity (Wildman–Crippen MR) is 55.1 cm³/mol. The zero-order valence-corrected chi connectivity index (χ0v) is 8.68. The van der Waals surface area contributed by atoms with Gasteiger partial charge in [-0.15, -0.1) is 0 Å². The molecule has 1 aromatic carbocycles. The number of carbonyl (C=O) groups is 1. The first-order valence-corrected chi connectivity index (χ1v) is 5.04. The van der Waals surface area contributed by atoms with Crippen LogP contribution < -0.4 is 0 Å². The average Bonchev–Trinajstić information content (AvgIpc) is 3.06. The molecule has 3 nitrogen and oxygen atoms in total. The fourth-order valence-electron chi connectivity index (χ4n) is 1.53. The SMILES string of the molecule is COC(=O)[C@@H]1C[C@@H]1OCc1ccccc1. The number of carbonyl (C=O) groups excluding carboxylic acids is 1. The van der Waals surface area contributed by atoms with E-state index < -0.39 is 0 Å². The first-order valence-electron chi connectivity index (χ1n) is 5.04. The summed E-state index contributed by atoms with van der Waals surface area (Å²) in [5.74, 6) is -0.202. The lowest BCUT2D eigenvalue weighted by Gasteiger charge is -2.02. The van der Waals surface area contributed by atoms with Gasteiger partial charge in [0.05, 0.1) is 25.7 Å². The maximum absolute atomic E-state index is 11.1. The highest BCUT2D eigenvalue weighted by Crippen LogP contribution is 2.35. The standard InChI is InChI=1S/C12H14O3/c1-14-12(13)10-7-11(10)15-8-9-5-3-2-4-6-9/h2-6,10-11H,7-8H2,1H3/t10-,11+/m1/s1. The molecule has 0 heterocycles. The number of benzene rings is 1. The topological polar surface area (TPSA) is 35.5 Å². The molecule has 1 saturated carbocycles. The fourth-order valence-corrected chi connectivity index (χ4v) is 1.53. The van der Waals surface area contributed by atoms with Gasteiger partial charge in [0.2, 0.25) is 0 Å². The minimum atomic E-state index is -0.159. The average molecular weight is 206 g/mol. The van der Waals surface area contributed by atoms with Crippen LogP contribution in [-0.2, 0) is 20.9 Å². The fraction of sp³-hybridized carbons (Fsp3) is 0.417. The second-order valence-corrected chi connectivity index (χ2v) is 3.70. The van der Waals surface area contributed by atoms with Crippen molar-refractivity contribution in [2.24, 2.45) is 5.92 Å². The van der Waals surface area contributed by atoms with E-state index in [1.165, 1.54) is 7.11 Å². The van der Waals surface area contributed by atoms with E-state index in [0.29, 0.717) is 6.61 Å². The van der Waals surface area contributed by atoms with E-state index in [2.05, 4.69) is 4.74 Å². The first kappa shape index (κ1) is 10.2. The van der Waals surface area contributed by atoms with Crippen molar-refractivity contribution < 1.29 is 14.3 Å². The maximum Gasteiger partial charge on any atom is 0.311 e. The summed E-state index contributed by atoms with van der Waals surface area (Å²) in [5.41, 5.74) is 1.13. The normalized spacial score (nSPS) is 23.5. The summed E-state index contributed by atoms with van der Waals surface area (Å²) in [7, 11) is 1.41. The monoisotopic (exact) mass is 206 g/mol. The van der Waals surface area contributed by atoms with Crippen molar-refractivity contribution in [3.63, 3.8) is 0 Å². The molecule has 1 aromatic rings. The third kappa shape index (κ3) is 2.57. The Kier molecular flexibility index (Phi) is 3.02. The Bertz CT molecular complexity index is 334. The van der Waals surface area contributed by atoms with Gasteiger partial charge in [0.1, 0.15) is 0 Å². The molecule has 15 heavy (non-hydrogen) atoms. The Balaban J connectivity index is 1.75. The van der Waals surface area contributed by atoms with Crippen molar-refractivity contribution in [1.29, 1.82) is 0 Å². The van der Waals surface area contributed by atoms with Gasteiger partial charge in [-0.3, -0.25) is 4.79 Å². The van der Waals surface area contributed by atoms with Gasteiger partial charge < -0.3 is 9.47 Å². The number of hydrogen-bond donors (Lipinski definition) is 0. The van der Waals surface area contributed by atoms with Crippen LogP contribution in [0.2, 0.25) is 0 Å². The zero-order chi connectivity index (χ0) is 10.7. The van der Waals surface area contributed by atoms with E-state index in [1.54, 1.807) is 0 Å². The number of rotatable bonds is 4. The molecule has 0 spiro atoms. The number of ether oxygens (including phenoxy) is 2. The van der Waals surface area contributed by atoms with Gasteiger partial charge in [0, 0.05) is 0 Å². The molecule has 0 saturated heterocycles. The second-order valence-electron chi connectivity index (χ2n) is 3.70. The summed E-state index contributed by atoms with van der Waals surface area (Å²) < 4.78 is 10.2. The van der Waals surface area contributed by atoms with Crippen LogP contribution in [0.1, 0.15) is 12.0 Å². The summed E-state index contributed by atoms with van der Waals surface area (Å²) in [6.45, 7) is 0.568. The van der Waals surface area contributed by atoms with Crippen LogP contribution in [0, 0.1) is 5.92 Å². The van der Waals surface area contributed by atoms with Crippen LogP contribution >= 0.6 is 0 Å². The molecular weight excluding hydrogens is 192 g/mol. The zero-order valence-electron chi connectivity index (χ0n) is 8.68. The van der Waals surface area contributed by atoms with Crippen molar-refractivity contribution >= 4 is 5.97 Å². The van der Waals surface area contributed by atoms with Gasteiger partial charge in [0.25, 0.3) is 0 Å². The molecule has 0 unspecified atom stereocenters. The van der Waals surface area contributed by atoms with Crippen molar-refractivity contribution in [1.82, 2.24) is 0 Å². The van der Waals surface area contributed by atoms with E-state index in [0.717, 1.165) is 12.0 Å². The van der Waals surface area contributed by atoms with Crippen molar-refractivity contribution in [2.75, 3.05) is 7.11 Å². The maximum atomic E-state index is 11.1. The van der Waals surface area contributed by atoms with E-state index >= 15 is 0 Å². The van der Waals surface area contributed by atoms with Crippen LogP contribution in [0.25, 0.3) is 0 Å². The predicted octanol–water partition coefficient (Wildman–Crippen LogP) is 1.76. The molecule has 1 aliphatic rings. The molecule has 1 fully saturated rings. The summed E-state index contributed by atoms with van der Waals surface area (Å²) in [5, 5.41) is 0. The van der Waals surface area contributed by atoms with Crippen LogP contribution in [0.15, 0.2) is 30.3 Å². The molecule has 0 aromatic heterocycles. The van der Waals surface area contributed by atoms with Gasteiger partial charge in [-0.1, -0.05) is 30.3 Å². The van der Waals surface area contributed by atoms with E-state index in [4.69, 9.17) is 4.74 Å². The first-order chi connectivity index (χ1) is 7.31. The molecule has 0 amide bonds. The lowest BCUT2D eigenvalue weighted by Crippen LogP contribution is -2.08. The largest absolute Gasteiger partial charge is 0.469 e. The lowest BCUT2D eigenvalue weighted by molar-refractivity contribution is -0.143. The number of hydrogen-bond acceptors (Lipinski definition) is 3. The molecule has 80 valence electrons. The van der Waals surface area contributed by atoms with Crippen LogP contribution in [0.5, 0.6) is 0 Å². The Labute approximate surface area is 89.0 Å². The number of methoxy groups -OCH3 is 1. The lowest BCUT2D eigenvalue weighted by atomic mass is 10.2. The summed E-state index contributed by atoms with van der Waals surface area (Å²) >= 11 is 0. The number of esters is 1. The molecule has 0 radical (unpaired) electrons. The van der Waals surface area contributed by atoms with Gasteiger partial charge in [-0.2, -0.15) is 0 Å². The van der Waals surface area contributed by atoms with Gasteiger partial charge in [-0.25, -0.2) is 0 Å². The quantitative estimate of drug-likeness (QED) is 0.704. The van der Waals surface area contributed by atoms with Crippen LogP contribution in [0.3, 0.4) is 0 Å². The highest BCUT2D eigenvalue weighted by Gasteiger charge is 2.45. The van der Waals surface area contributed by atoms with Crippen molar-refractivity contribution in [3.8, 4) is 0 Å². The van der Waals surface area contributed by atoms with E-state index in [-0.39, 0.29) is 18.0 Å².